The van der Waals surface area contributed by atoms with Crippen LogP contribution in [0.5, 0.6) is 0 Å². The zero-order chi connectivity index (χ0) is 12.6. The van der Waals surface area contributed by atoms with Crippen molar-refractivity contribution in [2.24, 2.45) is 0 Å². The molecule has 17 heavy (non-hydrogen) atoms. The van der Waals surface area contributed by atoms with Gasteiger partial charge in [-0.3, -0.25) is 4.98 Å². The molecule has 0 N–H and O–H groups in total. The molecule has 1 nitrogen and oxygen atoms in total. The van der Waals surface area contributed by atoms with Gasteiger partial charge in [-0.2, -0.15) is 0 Å². The fraction of sp³-hybridized carbons (Fsp3) is 0.312. The first-order chi connectivity index (χ1) is 8.00. The Morgan fingerprint density at radius 1 is 0.824 bits per heavy atom. The van der Waals surface area contributed by atoms with Crippen LogP contribution in [0.25, 0.3) is 11.3 Å². The van der Waals surface area contributed by atoms with E-state index in [9.17, 15) is 0 Å². The van der Waals surface area contributed by atoms with E-state index in [4.69, 9.17) is 0 Å². The predicted octanol–water partition coefficient (Wildman–Crippen LogP) is 4.29. The van der Waals surface area contributed by atoms with Crippen molar-refractivity contribution >= 4 is 0 Å². The molecule has 1 aromatic heterocycles. The summed E-state index contributed by atoms with van der Waals surface area (Å²) in [6, 6.07) is 6.45. The number of aromatic nitrogens is 1. The monoisotopic (exact) mass is 225 g/mol. The molecular weight excluding hydrogens is 206 g/mol. The minimum atomic E-state index is 1.09. The van der Waals surface area contributed by atoms with Crippen LogP contribution in [0.2, 0.25) is 0 Å². The molecule has 2 aromatic rings. The molecule has 0 atom stereocenters. The van der Waals surface area contributed by atoms with Crippen LogP contribution in [0.4, 0.5) is 0 Å². The van der Waals surface area contributed by atoms with E-state index in [1.807, 2.05) is 12.3 Å². The topological polar surface area (TPSA) is 12.9 Å². The highest BCUT2D eigenvalue weighted by Gasteiger charge is 2.10. The van der Waals surface area contributed by atoms with E-state index < -0.39 is 0 Å². The number of aryl methyl sites for hydroxylation is 3. The van der Waals surface area contributed by atoms with Gasteiger partial charge >= 0.3 is 0 Å². The molecule has 0 aliphatic heterocycles. The standard InChI is InChI=1S/C16H19N/c1-10-6-7-17-15(8-10)16-12(3)9-11(2)13(4)14(16)5/h6-9H,1-5H3. The van der Waals surface area contributed by atoms with Crippen molar-refractivity contribution in [1.29, 1.82) is 0 Å². The number of rotatable bonds is 1. The lowest BCUT2D eigenvalue weighted by molar-refractivity contribution is 1.20. The van der Waals surface area contributed by atoms with Crippen LogP contribution in [-0.4, -0.2) is 4.98 Å². The second kappa shape index (κ2) is 4.33. The molecule has 0 bridgehead atoms. The number of nitrogens with zero attached hydrogens (tertiary/aromatic N) is 1. The van der Waals surface area contributed by atoms with Crippen LogP contribution in [0.3, 0.4) is 0 Å². The molecule has 0 saturated carbocycles. The van der Waals surface area contributed by atoms with Gasteiger partial charge in [-0.25, -0.2) is 0 Å². The van der Waals surface area contributed by atoms with Crippen molar-refractivity contribution in [2.75, 3.05) is 0 Å². The lowest BCUT2D eigenvalue weighted by Gasteiger charge is -2.14. The van der Waals surface area contributed by atoms with E-state index in [1.165, 1.54) is 33.4 Å². The summed E-state index contributed by atoms with van der Waals surface area (Å²) in [5.74, 6) is 0. The maximum absolute atomic E-state index is 4.50. The molecule has 1 aromatic carbocycles. The normalized spacial score (nSPS) is 10.6. The van der Waals surface area contributed by atoms with Gasteiger partial charge in [0.2, 0.25) is 0 Å². The number of benzene rings is 1. The number of pyridine rings is 1. The SMILES string of the molecule is Cc1ccnc(-c2c(C)cc(C)c(C)c2C)c1. The third-order valence-electron chi connectivity index (χ3n) is 3.53. The van der Waals surface area contributed by atoms with Crippen LogP contribution in [0.1, 0.15) is 27.8 Å². The van der Waals surface area contributed by atoms with Crippen molar-refractivity contribution in [3.63, 3.8) is 0 Å². The van der Waals surface area contributed by atoms with E-state index in [0.29, 0.717) is 0 Å². The summed E-state index contributed by atoms with van der Waals surface area (Å²) in [4.78, 5) is 4.50. The van der Waals surface area contributed by atoms with Gasteiger partial charge in [0.15, 0.2) is 0 Å². The van der Waals surface area contributed by atoms with Gasteiger partial charge in [0.1, 0.15) is 0 Å². The van der Waals surface area contributed by atoms with Crippen LogP contribution in [-0.2, 0) is 0 Å². The quantitative estimate of drug-likeness (QED) is 0.705. The Hall–Kier alpha value is -1.63. The summed E-state index contributed by atoms with van der Waals surface area (Å²) >= 11 is 0. The minimum absolute atomic E-state index is 1.09. The first kappa shape index (κ1) is 11.8. The summed E-state index contributed by atoms with van der Waals surface area (Å²) in [7, 11) is 0. The molecule has 1 heterocycles. The van der Waals surface area contributed by atoms with Gasteiger partial charge in [0.05, 0.1) is 5.69 Å². The van der Waals surface area contributed by atoms with Crippen LogP contribution in [0, 0.1) is 34.6 Å². The van der Waals surface area contributed by atoms with Crippen LogP contribution in [0.15, 0.2) is 24.4 Å². The number of hydrogen-bond donors (Lipinski definition) is 0. The van der Waals surface area contributed by atoms with Crippen molar-refractivity contribution in [3.05, 3.63) is 52.2 Å². The molecule has 1 heteroatoms. The summed E-state index contributed by atoms with van der Waals surface area (Å²) in [5, 5.41) is 0. The molecule has 2 rings (SSSR count). The van der Waals surface area contributed by atoms with Crippen molar-refractivity contribution in [2.45, 2.75) is 34.6 Å². The molecule has 0 fully saturated rings. The largest absolute Gasteiger partial charge is 0.256 e. The van der Waals surface area contributed by atoms with Crippen molar-refractivity contribution < 1.29 is 0 Å². The molecule has 0 amide bonds. The van der Waals surface area contributed by atoms with E-state index in [0.717, 1.165) is 5.69 Å². The first-order valence-corrected chi connectivity index (χ1v) is 6.01. The van der Waals surface area contributed by atoms with Gasteiger partial charge in [-0.05, 0) is 74.6 Å². The molecule has 0 spiro atoms. The number of hydrogen-bond acceptors (Lipinski definition) is 1. The van der Waals surface area contributed by atoms with Crippen molar-refractivity contribution in [1.82, 2.24) is 4.98 Å². The zero-order valence-electron chi connectivity index (χ0n) is 11.3. The third-order valence-corrected chi connectivity index (χ3v) is 3.53. The van der Waals surface area contributed by atoms with E-state index in [-0.39, 0.29) is 0 Å². The molecule has 0 aliphatic rings. The molecule has 0 unspecified atom stereocenters. The molecular formula is C16H19N. The van der Waals surface area contributed by atoms with E-state index in [1.54, 1.807) is 0 Å². The first-order valence-electron chi connectivity index (χ1n) is 6.01. The minimum Gasteiger partial charge on any atom is -0.256 e. The Bertz CT molecular complexity index is 568. The second-order valence-electron chi connectivity index (χ2n) is 4.85. The Kier molecular flexibility index (Phi) is 3.01. The summed E-state index contributed by atoms with van der Waals surface area (Å²) in [6.07, 6.45) is 1.89. The van der Waals surface area contributed by atoms with Gasteiger partial charge in [0.25, 0.3) is 0 Å². The average molecular weight is 225 g/mol. The Morgan fingerprint density at radius 3 is 2.18 bits per heavy atom. The lowest BCUT2D eigenvalue weighted by Crippen LogP contribution is -1.96. The van der Waals surface area contributed by atoms with Gasteiger partial charge in [0, 0.05) is 11.8 Å². The Balaban J connectivity index is 2.72. The third kappa shape index (κ3) is 2.10. The van der Waals surface area contributed by atoms with Crippen LogP contribution >= 0.6 is 0 Å². The molecule has 0 radical (unpaired) electrons. The second-order valence-corrected chi connectivity index (χ2v) is 4.85. The average Bonchev–Trinajstić information content (AvgIpc) is 2.26. The Labute approximate surface area is 104 Å². The predicted molar refractivity (Wildman–Crippen MR) is 73.4 cm³/mol. The molecule has 0 saturated heterocycles. The van der Waals surface area contributed by atoms with E-state index in [2.05, 4.69) is 51.7 Å². The zero-order valence-corrected chi connectivity index (χ0v) is 11.3. The van der Waals surface area contributed by atoms with Crippen LogP contribution < -0.4 is 0 Å². The fourth-order valence-electron chi connectivity index (χ4n) is 2.35. The highest BCUT2D eigenvalue weighted by molar-refractivity contribution is 5.70. The summed E-state index contributed by atoms with van der Waals surface area (Å²) in [6.45, 7) is 10.8. The summed E-state index contributed by atoms with van der Waals surface area (Å²) in [5.41, 5.74) is 9.02. The lowest BCUT2D eigenvalue weighted by atomic mass is 9.92. The van der Waals surface area contributed by atoms with Gasteiger partial charge in [-0.1, -0.05) is 6.07 Å². The maximum atomic E-state index is 4.50. The molecule has 88 valence electrons. The highest BCUT2D eigenvalue weighted by atomic mass is 14.7. The maximum Gasteiger partial charge on any atom is 0.0710 e. The van der Waals surface area contributed by atoms with Gasteiger partial charge in [-0.15, -0.1) is 0 Å². The summed E-state index contributed by atoms with van der Waals surface area (Å²) < 4.78 is 0. The molecule has 0 aliphatic carbocycles. The van der Waals surface area contributed by atoms with Crippen molar-refractivity contribution in [3.8, 4) is 11.3 Å². The van der Waals surface area contributed by atoms with Gasteiger partial charge < -0.3 is 0 Å². The highest BCUT2D eigenvalue weighted by Crippen LogP contribution is 2.30. The van der Waals surface area contributed by atoms with E-state index >= 15 is 0 Å². The smallest absolute Gasteiger partial charge is 0.0710 e. The Morgan fingerprint density at radius 2 is 1.53 bits per heavy atom. The fourth-order valence-corrected chi connectivity index (χ4v) is 2.35.